The molecule has 138 valence electrons. The quantitative estimate of drug-likeness (QED) is 0.404. The standard InChI is InChI=1S/C17H22O8/c1-5-6-14(19)24-11-9-22-17(3)12(10-23-16(11,17)2)25-15(20)8-7-13(18)21-4/h5-8,11-12H,9-10H2,1-4H3/b6-5+,8-7+/t11-,12+,16-,17-/m0/s1. The van der Waals surface area contributed by atoms with Crippen molar-refractivity contribution in [2.45, 2.75) is 44.2 Å². The van der Waals surface area contributed by atoms with Crippen LogP contribution >= 0.6 is 0 Å². The Morgan fingerprint density at radius 1 is 0.880 bits per heavy atom. The number of allylic oxidation sites excluding steroid dienone is 1. The lowest BCUT2D eigenvalue weighted by atomic mass is 9.82. The molecule has 0 radical (unpaired) electrons. The Morgan fingerprint density at radius 2 is 1.32 bits per heavy atom. The fourth-order valence-electron chi connectivity index (χ4n) is 2.92. The maximum Gasteiger partial charge on any atom is 0.331 e. The van der Waals surface area contributed by atoms with E-state index in [1.807, 2.05) is 0 Å². The number of carbonyl (C=O) groups excluding carboxylic acids is 3. The molecule has 2 heterocycles. The maximum atomic E-state index is 11.9. The molecule has 0 aromatic heterocycles. The number of rotatable bonds is 5. The molecule has 8 heteroatoms. The molecule has 2 saturated heterocycles. The Bertz CT molecular complexity index is 610. The molecule has 0 spiro atoms. The summed E-state index contributed by atoms with van der Waals surface area (Å²) in [6.45, 7) is 5.42. The van der Waals surface area contributed by atoms with E-state index in [2.05, 4.69) is 4.74 Å². The molecule has 0 aromatic carbocycles. The predicted octanol–water partition coefficient (Wildman–Crippen LogP) is 0.693. The molecule has 0 aliphatic carbocycles. The van der Waals surface area contributed by atoms with E-state index in [9.17, 15) is 14.4 Å². The molecule has 2 fully saturated rings. The molecule has 0 aromatic rings. The van der Waals surface area contributed by atoms with Crippen LogP contribution in [0.4, 0.5) is 0 Å². The number of methoxy groups -OCH3 is 1. The van der Waals surface area contributed by atoms with Crippen LogP contribution in [0.15, 0.2) is 24.3 Å². The van der Waals surface area contributed by atoms with Crippen LogP contribution in [0, 0.1) is 0 Å². The molecule has 0 bridgehead atoms. The second-order valence-electron chi connectivity index (χ2n) is 6.04. The van der Waals surface area contributed by atoms with Gasteiger partial charge in [0.15, 0.2) is 12.2 Å². The summed E-state index contributed by atoms with van der Waals surface area (Å²) < 4.78 is 26.8. The van der Waals surface area contributed by atoms with E-state index in [4.69, 9.17) is 18.9 Å². The molecule has 0 amide bonds. The van der Waals surface area contributed by atoms with Crippen molar-refractivity contribution < 1.29 is 38.1 Å². The van der Waals surface area contributed by atoms with Crippen molar-refractivity contribution in [2.75, 3.05) is 20.3 Å². The van der Waals surface area contributed by atoms with Crippen molar-refractivity contribution in [2.24, 2.45) is 0 Å². The molecule has 2 aliphatic rings. The van der Waals surface area contributed by atoms with E-state index in [1.54, 1.807) is 26.8 Å². The van der Waals surface area contributed by atoms with Crippen LogP contribution in [0.2, 0.25) is 0 Å². The molecule has 2 rings (SSSR count). The SMILES string of the molecule is C/C=C/C(=O)O[C@H]1CO[C@@]2(C)[C@H](OC(=O)/C=C/C(=O)OC)CO[C@@]12C. The highest BCUT2D eigenvalue weighted by molar-refractivity contribution is 5.91. The Balaban J connectivity index is 2.06. The Hall–Kier alpha value is -2.19. The van der Waals surface area contributed by atoms with Crippen LogP contribution in [0.3, 0.4) is 0 Å². The normalized spacial score (nSPS) is 34.2. The molecule has 0 N–H and O–H groups in total. The summed E-state index contributed by atoms with van der Waals surface area (Å²) in [5, 5.41) is 0. The first-order chi connectivity index (χ1) is 11.8. The minimum absolute atomic E-state index is 0.0858. The lowest BCUT2D eigenvalue weighted by Crippen LogP contribution is -2.55. The zero-order valence-corrected chi connectivity index (χ0v) is 14.6. The summed E-state index contributed by atoms with van der Waals surface area (Å²) >= 11 is 0. The third kappa shape index (κ3) is 3.59. The topological polar surface area (TPSA) is 97.4 Å². The number of hydrogen-bond acceptors (Lipinski definition) is 8. The van der Waals surface area contributed by atoms with Gasteiger partial charge in [-0.3, -0.25) is 0 Å². The molecular formula is C17H22O8. The van der Waals surface area contributed by atoms with Crippen LogP contribution in [0.1, 0.15) is 20.8 Å². The monoisotopic (exact) mass is 354 g/mol. The van der Waals surface area contributed by atoms with Gasteiger partial charge in [-0.05, 0) is 20.8 Å². The number of carbonyl (C=O) groups is 3. The molecule has 8 nitrogen and oxygen atoms in total. The summed E-state index contributed by atoms with van der Waals surface area (Å²) in [5.41, 5.74) is -1.94. The second-order valence-corrected chi connectivity index (χ2v) is 6.04. The molecule has 4 atom stereocenters. The van der Waals surface area contributed by atoms with Crippen molar-refractivity contribution in [1.82, 2.24) is 0 Å². The van der Waals surface area contributed by atoms with Gasteiger partial charge in [-0.15, -0.1) is 0 Å². The maximum absolute atomic E-state index is 11.9. The first kappa shape index (κ1) is 19.1. The van der Waals surface area contributed by atoms with E-state index in [0.29, 0.717) is 0 Å². The smallest absolute Gasteiger partial charge is 0.331 e. The van der Waals surface area contributed by atoms with E-state index in [1.165, 1.54) is 13.2 Å². The Morgan fingerprint density at radius 3 is 1.76 bits per heavy atom. The van der Waals surface area contributed by atoms with Gasteiger partial charge in [0.2, 0.25) is 0 Å². The summed E-state index contributed by atoms with van der Waals surface area (Å²) in [7, 11) is 1.21. The molecular weight excluding hydrogens is 332 g/mol. The third-order valence-electron chi connectivity index (χ3n) is 4.66. The Kier molecular flexibility index (Phi) is 5.64. The number of fused-ring (bicyclic) bond motifs is 1. The van der Waals surface area contributed by atoms with E-state index < -0.39 is 41.3 Å². The summed E-state index contributed by atoms with van der Waals surface area (Å²) in [6, 6.07) is 0. The van der Waals surface area contributed by atoms with Gasteiger partial charge in [-0.2, -0.15) is 0 Å². The summed E-state index contributed by atoms with van der Waals surface area (Å²) in [6.07, 6.45) is 3.49. The first-order valence-corrected chi connectivity index (χ1v) is 7.84. The lowest BCUT2D eigenvalue weighted by Gasteiger charge is -2.35. The summed E-state index contributed by atoms with van der Waals surface area (Å²) in [4.78, 5) is 34.6. The largest absolute Gasteiger partial charge is 0.466 e. The molecule has 0 unspecified atom stereocenters. The Labute approximate surface area is 145 Å². The highest BCUT2D eigenvalue weighted by atomic mass is 16.7. The zero-order chi connectivity index (χ0) is 18.7. The van der Waals surface area contributed by atoms with Gasteiger partial charge in [0, 0.05) is 18.2 Å². The lowest BCUT2D eigenvalue weighted by molar-refractivity contribution is -0.160. The zero-order valence-electron chi connectivity index (χ0n) is 14.6. The minimum atomic E-state index is -0.983. The van der Waals surface area contributed by atoms with E-state index in [0.717, 1.165) is 12.2 Å². The van der Waals surface area contributed by atoms with Crippen molar-refractivity contribution in [3.05, 3.63) is 24.3 Å². The van der Waals surface area contributed by atoms with Crippen molar-refractivity contribution in [3.8, 4) is 0 Å². The van der Waals surface area contributed by atoms with Gasteiger partial charge in [0.05, 0.1) is 20.3 Å². The molecule has 0 saturated carbocycles. The van der Waals surface area contributed by atoms with Gasteiger partial charge in [-0.1, -0.05) is 6.08 Å². The summed E-state index contributed by atoms with van der Waals surface area (Å²) in [5.74, 6) is -1.88. The van der Waals surface area contributed by atoms with Crippen LogP contribution in [-0.2, 0) is 38.1 Å². The number of esters is 3. The predicted molar refractivity (Wildman–Crippen MR) is 84.4 cm³/mol. The van der Waals surface area contributed by atoms with Crippen molar-refractivity contribution in [3.63, 3.8) is 0 Å². The second kappa shape index (κ2) is 7.37. The average molecular weight is 354 g/mol. The van der Waals surface area contributed by atoms with Crippen molar-refractivity contribution in [1.29, 1.82) is 0 Å². The van der Waals surface area contributed by atoms with Gasteiger partial charge in [-0.25, -0.2) is 14.4 Å². The van der Waals surface area contributed by atoms with Crippen LogP contribution in [0.25, 0.3) is 0 Å². The number of hydrogen-bond donors (Lipinski definition) is 0. The van der Waals surface area contributed by atoms with Gasteiger partial charge in [0.1, 0.15) is 11.2 Å². The molecule has 2 aliphatic heterocycles. The molecule has 25 heavy (non-hydrogen) atoms. The van der Waals surface area contributed by atoms with E-state index in [-0.39, 0.29) is 13.2 Å². The van der Waals surface area contributed by atoms with Gasteiger partial charge < -0.3 is 23.7 Å². The average Bonchev–Trinajstić information content (AvgIpc) is 2.96. The van der Waals surface area contributed by atoms with Crippen LogP contribution < -0.4 is 0 Å². The minimum Gasteiger partial charge on any atom is -0.466 e. The van der Waals surface area contributed by atoms with Crippen LogP contribution in [0.5, 0.6) is 0 Å². The third-order valence-corrected chi connectivity index (χ3v) is 4.66. The van der Waals surface area contributed by atoms with Crippen LogP contribution in [-0.4, -0.2) is 61.6 Å². The number of ether oxygens (including phenoxy) is 5. The highest BCUT2D eigenvalue weighted by Gasteiger charge is 2.68. The van der Waals surface area contributed by atoms with Gasteiger partial charge in [0.25, 0.3) is 0 Å². The van der Waals surface area contributed by atoms with Gasteiger partial charge >= 0.3 is 17.9 Å². The fourth-order valence-corrected chi connectivity index (χ4v) is 2.92. The van der Waals surface area contributed by atoms with E-state index >= 15 is 0 Å². The highest BCUT2D eigenvalue weighted by Crippen LogP contribution is 2.48. The first-order valence-electron chi connectivity index (χ1n) is 7.84. The fraction of sp³-hybridized carbons (Fsp3) is 0.588. The van der Waals surface area contributed by atoms with Crippen molar-refractivity contribution >= 4 is 17.9 Å².